The van der Waals surface area contributed by atoms with Crippen LogP contribution in [0.25, 0.3) is 0 Å². The Bertz CT molecular complexity index is 800. The maximum absolute atomic E-state index is 12.2. The molecule has 0 fully saturated rings. The number of nitrogens with zero attached hydrogens (tertiary/aromatic N) is 2. The molecular formula is C14H9Cl2N3OS3. The van der Waals surface area contributed by atoms with E-state index in [0.717, 1.165) is 10.1 Å². The van der Waals surface area contributed by atoms with E-state index in [1.807, 2.05) is 11.4 Å². The number of hydrogen-bond donors (Lipinski definition) is 1. The number of carbonyl (C=O) groups is 1. The van der Waals surface area contributed by atoms with E-state index in [9.17, 15) is 4.79 Å². The highest BCUT2D eigenvalue weighted by molar-refractivity contribution is 8.00. The van der Waals surface area contributed by atoms with Crippen molar-refractivity contribution in [2.24, 2.45) is 0 Å². The van der Waals surface area contributed by atoms with Gasteiger partial charge < -0.3 is 0 Å². The summed E-state index contributed by atoms with van der Waals surface area (Å²) in [5.74, 6) is 0.518. The lowest BCUT2D eigenvalue weighted by Gasteiger charge is -2.02. The summed E-state index contributed by atoms with van der Waals surface area (Å²) in [7, 11) is 0. The number of aromatic nitrogens is 2. The minimum atomic E-state index is -0.319. The van der Waals surface area contributed by atoms with Crippen molar-refractivity contribution in [3.8, 4) is 0 Å². The number of amides is 1. The zero-order chi connectivity index (χ0) is 16.2. The van der Waals surface area contributed by atoms with Gasteiger partial charge in [-0.2, -0.15) is 0 Å². The van der Waals surface area contributed by atoms with Gasteiger partial charge in [0.15, 0.2) is 4.34 Å². The van der Waals surface area contributed by atoms with Gasteiger partial charge in [-0.25, -0.2) is 0 Å². The molecule has 23 heavy (non-hydrogen) atoms. The van der Waals surface area contributed by atoms with Gasteiger partial charge in [0.1, 0.15) is 0 Å². The Kier molecular flexibility index (Phi) is 5.55. The summed E-state index contributed by atoms with van der Waals surface area (Å²) in [6.07, 6.45) is 0. The molecule has 3 aromatic rings. The van der Waals surface area contributed by atoms with Crippen molar-refractivity contribution < 1.29 is 4.79 Å². The summed E-state index contributed by atoms with van der Waals surface area (Å²) in [4.78, 5) is 13.4. The monoisotopic (exact) mass is 401 g/mol. The number of halogens is 2. The van der Waals surface area contributed by atoms with E-state index < -0.39 is 0 Å². The molecule has 0 aliphatic rings. The lowest BCUT2D eigenvalue weighted by Crippen LogP contribution is -2.11. The molecule has 1 aromatic carbocycles. The van der Waals surface area contributed by atoms with E-state index in [4.69, 9.17) is 23.2 Å². The van der Waals surface area contributed by atoms with E-state index in [2.05, 4.69) is 21.6 Å². The highest BCUT2D eigenvalue weighted by Gasteiger charge is 2.12. The molecule has 0 spiro atoms. The van der Waals surface area contributed by atoms with Crippen molar-refractivity contribution in [3.63, 3.8) is 0 Å². The number of rotatable bonds is 5. The molecule has 2 heterocycles. The van der Waals surface area contributed by atoms with Gasteiger partial charge in [0.25, 0.3) is 5.91 Å². The van der Waals surface area contributed by atoms with Gasteiger partial charge >= 0.3 is 0 Å². The van der Waals surface area contributed by atoms with Crippen LogP contribution in [0.1, 0.15) is 15.2 Å². The first-order valence-corrected chi connectivity index (χ1v) is 9.80. The predicted molar refractivity (Wildman–Crippen MR) is 98.2 cm³/mol. The zero-order valence-corrected chi connectivity index (χ0v) is 15.4. The molecule has 2 aromatic heterocycles. The van der Waals surface area contributed by atoms with Crippen LogP contribution in [0.5, 0.6) is 0 Å². The minimum absolute atomic E-state index is 0.319. The molecule has 0 aliphatic carbocycles. The molecule has 0 radical (unpaired) electrons. The van der Waals surface area contributed by atoms with E-state index in [-0.39, 0.29) is 5.91 Å². The van der Waals surface area contributed by atoms with Gasteiger partial charge in [0.2, 0.25) is 5.13 Å². The average molecular weight is 402 g/mol. The molecule has 0 bridgehead atoms. The molecular weight excluding hydrogens is 393 g/mol. The Balaban J connectivity index is 1.63. The molecule has 1 amide bonds. The number of thiophene rings is 1. The third-order valence-corrected chi connectivity index (χ3v) is 6.19. The van der Waals surface area contributed by atoms with Crippen molar-refractivity contribution >= 4 is 68.7 Å². The molecule has 4 nitrogen and oxygen atoms in total. The van der Waals surface area contributed by atoms with Crippen LogP contribution in [0, 0.1) is 0 Å². The van der Waals surface area contributed by atoms with Crippen LogP contribution in [0.4, 0.5) is 5.13 Å². The van der Waals surface area contributed by atoms with Crippen molar-refractivity contribution in [1.82, 2.24) is 10.2 Å². The number of hydrogen-bond acceptors (Lipinski definition) is 6. The summed E-state index contributed by atoms with van der Waals surface area (Å²) in [6.45, 7) is 0. The Morgan fingerprint density at radius 1 is 1.22 bits per heavy atom. The minimum Gasteiger partial charge on any atom is -0.296 e. The number of anilines is 1. The molecule has 9 heteroatoms. The van der Waals surface area contributed by atoms with Gasteiger partial charge in [0.05, 0.1) is 0 Å². The molecule has 0 atom stereocenters. The van der Waals surface area contributed by atoms with Crippen LogP contribution >= 0.6 is 57.6 Å². The summed E-state index contributed by atoms with van der Waals surface area (Å²) in [5, 5.41) is 14.1. The fourth-order valence-electron chi connectivity index (χ4n) is 1.70. The smallest absolute Gasteiger partial charge is 0.257 e. The topological polar surface area (TPSA) is 54.9 Å². The average Bonchev–Trinajstić information content (AvgIpc) is 3.15. The first-order valence-electron chi connectivity index (χ1n) is 6.36. The molecule has 0 unspecified atom stereocenters. The maximum Gasteiger partial charge on any atom is 0.257 e. The third-order valence-electron chi connectivity index (χ3n) is 2.67. The Morgan fingerprint density at radius 3 is 2.70 bits per heavy atom. The lowest BCUT2D eigenvalue weighted by molar-refractivity contribution is 0.102. The van der Waals surface area contributed by atoms with Crippen LogP contribution < -0.4 is 5.32 Å². The second-order valence-corrected chi connectivity index (χ2v) is 8.46. The van der Waals surface area contributed by atoms with Crippen LogP contribution in [-0.4, -0.2) is 16.1 Å². The number of thioether (sulfide) groups is 1. The molecule has 1 N–H and O–H groups in total. The second-order valence-electron chi connectivity index (χ2n) is 4.35. The SMILES string of the molecule is O=C(Nc1nnc(SCc2cccs2)s1)c1cc(Cl)cc(Cl)c1. The van der Waals surface area contributed by atoms with Crippen molar-refractivity contribution in [2.75, 3.05) is 5.32 Å². The first-order chi connectivity index (χ1) is 11.1. The highest BCUT2D eigenvalue weighted by atomic mass is 35.5. The largest absolute Gasteiger partial charge is 0.296 e. The van der Waals surface area contributed by atoms with Crippen LogP contribution in [0.2, 0.25) is 10.0 Å². The molecule has 118 valence electrons. The lowest BCUT2D eigenvalue weighted by atomic mass is 10.2. The highest BCUT2D eigenvalue weighted by Crippen LogP contribution is 2.30. The summed E-state index contributed by atoms with van der Waals surface area (Å²) in [6, 6.07) is 8.77. The van der Waals surface area contributed by atoms with E-state index >= 15 is 0 Å². The summed E-state index contributed by atoms with van der Waals surface area (Å²) >= 11 is 16.4. The van der Waals surface area contributed by atoms with Crippen LogP contribution in [0.3, 0.4) is 0 Å². The maximum atomic E-state index is 12.2. The van der Waals surface area contributed by atoms with Gasteiger partial charge in [-0.15, -0.1) is 21.5 Å². The Labute approximate surface area is 154 Å². The van der Waals surface area contributed by atoms with E-state index in [1.165, 1.54) is 16.2 Å². The summed E-state index contributed by atoms with van der Waals surface area (Å²) in [5.41, 5.74) is 0.380. The predicted octanol–water partition coefficient (Wildman–Crippen LogP) is 5.45. The standard InChI is InChI=1S/C14H9Cl2N3OS3/c15-9-4-8(5-10(16)6-9)12(20)17-13-18-19-14(23-13)22-7-11-2-1-3-21-11/h1-6H,7H2,(H,17,18,20). The van der Waals surface area contributed by atoms with Crippen molar-refractivity contribution in [1.29, 1.82) is 0 Å². The Morgan fingerprint density at radius 2 is 2.00 bits per heavy atom. The normalized spacial score (nSPS) is 10.7. The quantitative estimate of drug-likeness (QED) is 0.455. The second kappa shape index (κ2) is 7.63. The number of benzene rings is 1. The number of carbonyl (C=O) groups excluding carboxylic acids is 1. The fourth-order valence-corrected chi connectivity index (χ4v) is 4.75. The fraction of sp³-hybridized carbons (Fsp3) is 0.0714. The summed E-state index contributed by atoms with van der Waals surface area (Å²) < 4.78 is 0.804. The third kappa shape index (κ3) is 4.68. The Hall–Kier alpha value is -1.12. The van der Waals surface area contributed by atoms with E-state index in [1.54, 1.807) is 41.3 Å². The van der Waals surface area contributed by atoms with Crippen molar-refractivity contribution in [2.45, 2.75) is 10.1 Å². The van der Waals surface area contributed by atoms with E-state index in [0.29, 0.717) is 20.7 Å². The van der Waals surface area contributed by atoms with Gasteiger partial charge in [-0.1, -0.05) is 52.4 Å². The first kappa shape index (κ1) is 16.7. The van der Waals surface area contributed by atoms with Gasteiger partial charge in [0, 0.05) is 26.2 Å². The van der Waals surface area contributed by atoms with Crippen LogP contribution in [-0.2, 0) is 5.75 Å². The number of nitrogens with one attached hydrogen (secondary N) is 1. The van der Waals surface area contributed by atoms with Gasteiger partial charge in [-0.3, -0.25) is 10.1 Å². The molecule has 3 rings (SSSR count). The zero-order valence-electron chi connectivity index (χ0n) is 11.5. The van der Waals surface area contributed by atoms with Crippen LogP contribution in [0.15, 0.2) is 40.1 Å². The molecule has 0 aliphatic heterocycles. The molecule has 0 saturated carbocycles. The van der Waals surface area contributed by atoms with Gasteiger partial charge in [-0.05, 0) is 29.6 Å². The molecule has 0 saturated heterocycles. The van der Waals surface area contributed by atoms with Crippen molar-refractivity contribution in [3.05, 3.63) is 56.2 Å².